The zero-order valence-corrected chi connectivity index (χ0v) is 18.9. The molecule has 1 atom stereocenters. The summed E-state index contributed by atoms with van der Waals surface area (Å²) < 4.78 is 33.2. The summed E-state index contributed by atoms with van der Waals surface area (Å²) in [6.45, 7) is 2.31. The normalized spacial score (nSPS) is 17.2. The summed E-state index contributed by atoms with van der Waals surface area (Å²) in [7, 11) is 0. The van der Waals surface area contributed by atoms with Gasteiger partial charge in [0, 0.05) is 9.86 Å². The lowest BCUT2D eigenvalue weighted by atomic mass is 9.84. The number of benzene rings is 2. The predicted molar refractivity (Wildman–Crippen MR) is 120 cm³/mol. The molecule has 0 saturated heterocycles. The van der Waals surface area contributed by atoms with Gasteiger partial charge < -0.3 is 20.6 Å². The van der Waals surface area contributed by atoms with Crippen molar-refractivity contribution < 1.29 is 23.4 Å². The van der Waals surface area contributed by atoms with Crippen LogP contribution in [0.5, 0.6) is 0 Å². The maximum atomic E-state index is 14.2. The van der Waals surface area contributed by atoms with Crippen LogP contribution >= 0.6 is 15.9 Å². The molecule has 0 spiro atoms. The van der Waals surface area contributed by atoms with Crippen LogP contribution < -0.4 is 5.73 Å². The highest BCUT2D eigenvalue weighted by Gasteiger charge is 2.42. The highest BCUT2D eigenvalue weighted by atomic mass is 79.9. The van der Waals surface area contributed by atoms with Gasteiger partial charge in [0.15, 0.2) is 0 Å². The quantitative estimate of drug-likeness (QED) is 0.411. The van der Waals surface area contributed by atoms with Crippen molar-refractivity contribution >= 4 is 38.5 Å². The number of carbonyl (C=O) groups is 1. The summed E-state index contributed by atoms with van der Waals surface area (Å²) in [5.41, 5.74) is 6.44. The number of carboxylic acid groups (broad SMARTS) is 1. The van der Waals surface area contributed by atoms with Gasteiger partial charge in [0.05, 0.1) is 41.6 Å². The van der Waals surface area contributed by atoms with Crippen molar-refractivity contribution in [3.63, 3.8) is 0 Å². The number of aliphatic carboxylic acids is 1. The Bertz CT molecular complexity index is 1210. The number of nitriles is 1. The lowest BCUT2D eigenvalue weighted by molar-refractivity contribution is -0.149. The number of hydrogen-bond acceptors (Lipinski definition) is 4. The van der Waals surface area contributed by atoms with Crippen LogP contribution in [0.1, 0.15) is 43.0 Å². The number of rotatable bonds is 4. The van der Waals surface area contributed by atoms with Crippen molar-refractivity contribution in [2.24, 2.45) is 0 Å². The number of nitrogens with two attached hydrogens (primary N) is 1. The van der Waals surface area contributed by atoms with Gasteiger partial charge in [-0.25, -0.2) is 8.78 Å². The largest absolute Gasteiger partial charge is 0.481 e. The molecule has 0 amide bonds. The summed E-state index contributed by atoms with van der Waals surface area (Å²) in [6, 6.07) is 9.25. The van der Waals surface area contributed by atoms with Gasteiger partial charge in [-0.3, -0.25) is 4.79 Å². The molecular formula is C23H22BrF2N3O3. The zero-order valence-electron chi connectivity index (χ0n) is 17.3. The molecule has 0 fully saturated rings. The Hall–Kier alpha value is -2.96. The van der Waals surface area contributed by atoms with E-state index in [0.717, 1.165) is 16.5 Å². The van der Waals surface area contributed by atoms with Gasteiger partial charge in [0.2, 0.25) is 0 Å². The molecule has 1 unspecified atom stereocenters. The lowest BCUT2D eigenvalue weighted by Gasteiger charge is -2.36. The van der Waals surface area contributed by atoms with E-state index in [2.05, 4.69) is 27.0 Å². The molecule has 1 aliphatic heterocycles. The molecule has 0 radical (unpaired) electrons. The van der Waals surface area contributed by atoms with E-state index in [1.165, 1.54) is 24.3 Å². The van der Waals surface area contributed by atoms with Crippen LogP contribution in [-0.4, -0.2) is 22.7 Å². The first-order valence-electron chi connectivity index (χ1n) is 10.0. The third kappa shape index (κ3) is 4.61. The second kappa shape index (κ2) is 9.67. The smallest absolute Gasteiger partial charge is 0.306 e. The van der Waals surface area contributed by atoms with E-state index in [0.29, 0.717) is 36.1 Å². The van der Waals surface area contributed by atoms with Gasteiger partial charge in [-0.1, -0.05) is 29.3 Å². The van der Waals surface area contributed by atoms with Gasteiger partial charge in [0.25, 0.3) is 0 Å². The second-order valence-electron chi connectivity index (χ2n) is 7.51. The third-order valence-electron chi connectivity index (χ3n) is 5.36. The number of anilines is 1. The first-order valence-corrected chi connectivity index (χ1v) is 10.8. The van der Waals surface area contributed by atoms with Crippen molar-refractivity contribution in [2.45, 2.75) is 38.2 Å². The van der Waals surface area contributed by atoms with E-state index in [9.17, 15) is 23.9 Å². The summed E-state index contributed by atoms with van der Waals surface area (Å²) in [5.74, 6) is -1.79. The average molecular weight is 506 g/mol. The van der Waals surface area contributed by atoms with E-state index in [1.54, 1.807) is 6.07 Å². The fraction of sp³-hybridized carbons (Fsp3) is 0.304. The lowest BCUT2D eigenvalue weighted by Crippen LogP contribution is -2.37. The second-order valence-corrected chi connectivity index (χ2v) is 8.43. The Morgan fingerprint density at radius 1 is 1.34 bits per heavy atom. The molecule has 1 aromatic heterocycles. The average Bonchev–Trinajstić information content (AvgIpc) is 3.14. The van der Waals surface area contributed by atoms with Crippen molar-refractivity contribution in [2.75, 3.05) is 12.3 Å². The zero-order chi connectivity index (χ0) is 23.5. The highest BCUT2D eigenvalue weighted by Crippen LogP contribution is 2.43. The number of nitrogens with one attached hydrogen (secondary N) is 1. The maximum absolute atomic E-state index is 14.2. The number of aromatic amines is 1. The standard InChI is InChI=1S/C17H17FN2O3.C6H5BrFN/c1-2-6-17(8-13(21)22)16-11(5-7-23-17)14-10(9-19)3-4-12(18)15(14)20-16;7-4-1-2-5(8)6(9)3-4/h3-4,20H,2,5-8H2,1H3,(H,21,22);1-3H,9H2. The van der Waals surface area contributed by atoms with E-state index in [4.69, 9.17) is 10.5 Å². The molecule has 168 valence electrons. The van der Waals surface area contributed by atoms with Crippen LogP contribution in [0, 0.1) is 23.0 Å². The number of nitrogens with zero attached hydrogens (tertiary/aromatic N) is 1. The number of H-pyrrole nitrogens is 1. The Balaban J connectivity index is 0.000000269. The summed E-state index contributed by atoms with van der Waals surface area (Å²) in [4.78, 5) is 14.4. The molecule has 3 aromatic rings. The molecule has 2 heterocycles. The van der Waals surface area contributed by atoms with Gasteiger partial charge in [0.1, 0.15) is 17.2 Å². The van der Waals surface area contributed by atoms with Gasteiger partial charge in [-0.05, 0) is 48.7 Å². The molecule has 0 aliphatic carbocycles. The number of nitrogen functional groups attached to an aromatic ring is 1. The fourth-order valence-electron chi connectivity index (χ4n) is 4.08. The molecule has 4 N–H and O–H groups in total. The van der Waals surface area contributed by atoms with Crippen LogP contribution in [0.25, 0.3) is 10.9 Å². The number of carboxylic acids is 1. The topological polar surface area (TPSA) is 112 Å². The fourth-order valence-corrected chi connectivity index (χ4v) is 4.46. The predicted octanol–water partition coefficient (Wildman–Crippen LogP) is 5.39. The molecule has 2 aromatic carbocycles. The maximum Gasteiger partial charge on any atom is 0.306 e. The molecule has 1 aliphatic rings. The van der Waals surface area contributed by atoms with Gasteiger partial charge in [-0.15, -0.1) is 0 Å². The molecule has 4 rings (SSSR count). The molecular weight excluding hydrogens is 484 g/mol. The molecule has 32 heavy (non-hydrogen) atoms. The van der Waals surface area contributed by atoms with Crippen molar-refractivity contribution in [3.05, 3.63) is 63.3 Å². The summed E-state index contributed by atoms with van der Waals surface area (Å²) in [6.07, 6.45) is 1.58. The number of halogens is 3. The first-order chi connectivity index (χ1) is 15.2. The Kier molecular flexibility index (Phi) is 7.16. The van der Waals surface area contributed by atoms with E-state index < -0.39 is 17.4 Å². The molecule has 0 bridgehead atoms. The molecule has 0 saturated carbocycles. The van der Waals surface area contributed by atoms with Crippen LogP contribution in [0.15, 0.2) is 34.8 Å². The van der Waals surface area contributed by atoms with Gasteiger partial charge >= 0.3 is 5.97 Å². The summed E-state index contributed by atoms with van der Waals surface area (Å²) in [5, 5.41) is 19.2. The molecule has 6 nitrogen and oxygen atoms in total. The minimum absolute atomic E-state index is 0.171. The van der Waals surface area contributed by atoms with Crippen molar-refractivity contribution in [1.82, 2.24) is 4.98 Å². The van der Waals surface area contributed by atoms with E-state index in [1.807, 2.05) is 6.92 Å². The van der Waals surface area contributed by atoms with Crippen LogP contribution in [0.2, 0.25) is 0 Å². The Labute approximate surface area is 192 Å². The van der Waals surface area contributed by atoms with Crippen LogP contribution in [0.3, 0.4) is 0 Å². The Morgan fingerprint density at radius 3 is 2.66 bits per heavy atom. The number of hydrogen-bond donors (Lipinski definition) is 3. The van der Waals surface area contributed by atoms with E-state index in [-0.39, 0.29) is 23.4 Å². The van der Waals surface area contributed by atoms with Crippen molar-refractivity contribution in [3.8, 4) is 6.07 Å². The monoisotopic (exact) mass is 505 g/mol. The van der Waals surface area contributed by atoms with E-state index >= 15 is 0 Å². The van der Waals surface area contributed by atoms with Crippen LogP contribution in [0.4, 0.5) is 14.5 Å². The third-order valence-corrected chi connectivity index (χ3v) is 5.86. The highest BCUT2D eigenvalue weighted by molar-refractivity contribution is 9.10. The minimum Gasteiger partial charge on any atom is -0.481 e. The SMILES string of the molecule is CCCC1(CC(=O)O)OCCc2c1[nH]c1c(F)ccc(C#N)c21.Nc1cc(Br)ccc1F. The summed E-state index contributed by atoms with van der Waals surface area (Å²) >= 11 is 3.15. The van der Waals surface area contributed by atoms with Crippen molar-refractivity contribution in [1.29, 1.82) is 5.26 Å². The number of aromatic nitrogens is 1. The van der Waals surface area contributed by atoms with Gasteiger partial charge in [-0.2, -0.15) is 5.26 Å². The number of fused-ring (bicyclic) bond motifs is 3. The first kappa shape index (κ1) is 23.7. The minimum atomic E-state index is -0.994. The molecule has 9 heteroatoms. The Morgan fingerprint density at radius 2 is 2.06 bits per heavy atom. The number of ether oxygens (including phenoxy) is 1. The van der Waals surface area contributed by atoms with Crippen LogP contribution in [-0.2, 0) is 21.6 Å².